The number of nitrogens with zero attached hydrogens (tertiary/aromatic N) is 2. The molecule has 2 fully saturated rings. The van der Waals surface area contributed by atoms with Gasteiger partial charge in [0, 0.05) is 24.4 Å². The summed E-state index contributed by atoms with van der Waals surface area (Å²) in [6, 6.07) is 0.402. The van der Waals surface area contributed by atoms with E-state index in [0.29, 0.717) is 17.6 Å². The Kier molecular flexibility index (Phi) is 8.96. The fraction of sp³-hybridized carbons (Fsp3) is 0.652. The van der Waals surface area contributed by atoms with E-state index in [1.165, 1.54) is 43.8 Å². The van der Waals surface area contributed by atoms with Crippen LogP contribution in [0, 0.1) is 5.92 Å². The maximum atomic E-state index is 14.8. The number of hydrogen-bond donors (Lipinski definition) is 1. The van der Waals surface area contributed by atoms with Crippen LogP contribution in [-0.2, 0) is 0 Å². The summed E-state index contributed by atoms with van der Waals surface area (Å²) >= 11 is 0. The van der Waals surface area contributed by atoms with Crippen molar-refractivity contribution in [1.29, 1.82) is 0 Å². The van der Waals surface area contributed by atoms with Crippen LogP contribution in [-0.4, -0.2) is 24.5 Å². The van der Waals surface area contributed by atoms with E-state index in [-0.39, 0.29) is 5.83 Å². The molecule has 0 aromatic heterocycles. The van der Waals surface area contributed by atoms with E-state index in [9.17, 15) is 4.39 Å². The Morgan fingerprint density at radius 3 is 2.48 bits per heavy atom. The first-order chi connectivity index (χ1) is 13.0. The lowest BCUT2D eigenvalue weighted by Gasteiger charge is -2.23. The summed E-state index contributed by atoms with van der Waals surface area (Å²) in [5.74, 6) is 0.974. The highest BCUT2D eigenvalue weighted by atomic mass is 19.1. The molecule has 0 spiro atoms. The number of aliphatic imine (C=N–C) groups is 2. The van der Waals surface area contributed by atoms with Crippen molar-refractivity contribution in [3.8, 4) is 0 Å². The Balaban J connectivity index is 2.26. The fourth-order valence-corrected chi connectivity index (χ4v) is 3.55. The van der Waals surface area contributed by atoms with Crippen LogP contribution in [0.5, 0.6) is 0 Å². The topological polar surface area (TPSA) is 36.8 Å². The number of allylic oxidation sites excluding steroid dienone is 4. The van der Waals surface area contributed by atoms with E-state index < -0.39 is 0 Å². The molecule has 0 amide bonds. The second kappa shape index (κ2) is 11.2. The molecule has 3 nitrogen and oxygen atoms in total. The molecule has 0 heterocycles. The second-order valence-electron chi connectivity index (χ2n) is 7.90. The zero-order chi connectivity index (χ0) is 19.6. The predicted molar refractivity (Wildman–Crippen MR) is 115 cm³/mol. The van der Waals surface area contributed by atoms with Gasteiger partial charge in [-0.05, 0) is 64.4 Å². The Hall–Kier alpha value is -1.71. The normalized spacial score (nSPS) is 20.7. The van der Waals surface area contributed by atoms with Crippen LogP contribution in [0.15, 0.2) is 45.4 Å². The Morgan fingerprint density at radius 2 is 1.89 bits per heavy atom. The molecule has 2 aliphatic rings. The first kappa shape index (κ1) is 21.6. The zero-order valence-corrected chi connectivity index (χ0v) is 17.4. The van der Waals surface area contributed by atoms with Gasteiger partial charge in [-0.25, -0.2) is 9.38 Å². The summed E-state index contributed by atoms with van der Waals surface area (Å²) in [6.07, 6.45) is 13.8. The van der Waals surface area contributed by atoms with Gasteiger partial charge in [0.05, 0.1) is 0 Å². The second-order valence-corrected chi connectivity index (χ2v) is 7.90. The lowest BCUT2D eigenvalue weighted by Crippen LogP contribution is -2.30. The van der Waals surface area contributed by atoms with Crippen LogP contribution < -0.4 is 5.32 Å². The molecular weight excluding hydrogens is 337 g/mol. The van der Waals surface area contributed by atoms with Gasteiger partial charge in [-0.1, -0.05) is 38.3 Å². The summed E-state index contributed by atoms with van der Waals surface area (Å²) in [5.41, 5.74) is 2.35. The van der Waals surface area contributed by atoms with Crippen molar-refractivity contribution in [3.63, 3.8) is 0 Å². The first-order valence-electron chi connectivity index (χ1n) is 10.6. The van der Waals surface area contributed by atoms with E-state index in [1.807, 2.05) is 6.21 Å². The van der Waals surface area contributed by atoms with Crippen LogP contribution >= 0.6 is 0 Å². The summed E-state index contributed by atoms with van der Waals surface area (Å²) in [7, 11) is 0. The largest absolute Gasteiger partial charge is 0.368 e. The average Bonchev–Trinajstić information content (AvgIpc) is 3.48. The molecular formula is C23H36FN3. The fourth-order valence-electron chi connectivity index (χ4n) is 3.55. The van der Waals surface area contributed by atoms with Gasteiger partial charge in [-0.2, -0.15) is 0 Å². The van der Waals surface area contributed by atoms with Gasteiger partial charge in [0.2, 0.25) is 0 Å². The number of hydrogen-bond acceptors (Lipinski definition) is 3. The van der Waals surface area contributed by atoms with Crippen molar-refractivity contribution in [2.75, 3.05) is 6.54 Å². The highest BCUT2D eigenvalue weighted by molar-refractivity contribution is 6.23. The minimum absolute atomic E-state index is 0.310. The van der Waals surface area contributed by atoms with Gasteiger partial charge in [-0.3, -0.25) is 4.99 Å². The van der Waals surface area contributed by atoms with Crippen LogP contribution in [0.2, 0.25) is 0 Å². The standard InChI is InChI=1S/C23H36FN3/c1-5-14-25-16-21(17(3)15-19-12-13-19)23(22(24)6-2)27-18(4)26-20-10-8-7-9-11-20/h6,16,19-20,26H,4-5,7-15H2,1-3H3/b21-17-,22-6+,25-16?,27-23?. The van der Waals surface area contributed by atoms with Gasteiger partial charge in [-0.15, -0.1) is 0 Å². The van der Waals surface area contributed by atoms with Crippen molar-refractivity contribution in [3.05, 3.63) is 35.4 Å². The maximum absolute atomic E-state index is 14.8. The third-order valence-electron chi connectivity index (χ3n) is 5.28. The number of nitrogens with one attached hydrogen (secondary N) is 1. The molecule has 0 atom stereocenters. The van der Waals surface area contributed by atoms with Gasteiger partial charge in [0.1, 0.15) is 17.4 Å². The molecule has 2 aliphatic carbocycles. The Bertz CT molecular complexity index is 618. The molecule has 27 heavy (non-hydrogen) atoms. The molecule has 1 N–H and O–H groups in total. The molecule has 2 rings (SSSR count). The molecule has 0 unspecified atom stereocenters. The van der Waals surface area contributed by atoms with Crippen molar-refractivity contribution < 1.29 is 4.39 Å². The van der Waals surface area contributed by atoms with Crippen LogP contribution in [0.3, 0.4) is 0 Å². The molecule has 4 heteroatoms. The molecule has 0 radical (unpaired) electrons. The predicted octanol–water partition coefficient (Wildman–Crippen LogP) is 6.29. The van der Waals surface area contributed by atoms with Crippen molar-refractivity contribution in [1.82, 2.24) is 5.32 Å². The molecule has 150 valence electrons. The van der Waals surface area contributed by atoms with Gasteiger partial charge in [0.15, 0.2) is 0 Å². The summed E-state index contributed by atoms with van der Waals surface area (Å²) in [4.78, 5) is 9.08. The molecule has 0 bridgehead atoms. The summed E-state index contributed by atoms with van der Waals surface area (Å²) < 4.78 is 14.8. The molecule has 0 saturated heterocycles. The van der Waals surface area contributed by atoms with Gasteiger partial charge in [0.25, 0.3) is 0 Å². The average molecular weight is 374 g/mol. The Labute approximate surface area is 164 Å². The first-order valence-corrected chi connectivity index (χ1v) is 10.6. The monoisotopic (exact) mass is 373 g/mol. The van der Waals surface area contributed by atoms with E-state index >= 15 is 0 Å². The summed E-state index contributed by atoms with van der Waals surface area (Å²) in [6.45, 7) is 10.7. The van der Waals surface area contributed by atoms with Gasteiger partial charge >= 0.3 is 0 Å². The van der Waals surface area contributed by atoms with Gasteiger partial charge < -0.3 is 5.32 Å². The summed E-state index contributed by atoms with van der Waals surface area (Å²) in [5, 5.41) is 3.40. The minimum atomic E-state index is -0.310. The molecule has 0 aliphatic heterocycles. The number of rotatable bonds is 10. The van der Waals surface area contributed by atoms with Crippen molar-refractivity contribution >= 4 is 11.9 Å². The molecule has 0 aromatic carbocycles. The lowest BCUT2D eigenvalue weighted by molar-refractivity contribution is 0.396. The van der Waals surface area contributed by atoms with Crippen LogP contribution in [0.4, 0.5) is 4.39 Å². The zero-order valence-electron chi connectivity index (χ0n) is 17.4. The van der Waals surface area contributed by atoms with E-state index in [1.54, 1.807) is 6.92 Å². The van der Waals surface area contributed by atoms with E-state index in [0.717, 1.165) is 43.7 Å². The van der Waals surface area contributed by atoms with Crippen molar-refractivity contribution in [2.24, 2.45) is 15.9 Å². The lowest BCUT2D eigenvalue weighted by atomic mass is 9.95. The highest BCUT2D eigenvalue weighted by Gasteiger charge is 2.24. The SMILES string of the molecule is C=C(N=C(/C(C=NCCC)=C(/C)CC1CC1)/C(F)=C\C)NC1CCCCC1. The Morgan fingerprint density at radius 1 is 1.19 bits per heavy atom. The quantitative estimate of drug-likeness (QED) is 0.449. The number of halogens is 1. The molecule has 2 saturated carbocycles. The van der Waals surface area contributed by atoms with Crippen LogP contribution in [0.25, 0.3) is 0 Å². The van der Waals surface area contributed by atoms with Crippen LogP contribution in [0.1, 0.15) is 78.6 Å². The highest BCUT2D eigenvalue weighted by Crippen LogP contribution is 2.36. The smallest absolute Gasteiger partial charge is 0.145 e. The van der Waals surface area contributed by atoms with Crippen molar-refractivity contribution in [2.45, 2.75) is 84.6 Å². The minimum Gasteiger partial charge on any atom is -0.368 e. The van der Waals surface area contributed by atoms with E-state index in [2.05, 4.69) is 35.7 Å². The third-order valence-corrected chi connectivity index (χ3v) is 5.28. The van der Waals surface area contributed by atoms with E-state index in [4.69, 9.17) is 0 Å². The third kappa shape index (κ3) is 7.43. The molecule has 0 aromatic rings. The maximum Gasteiger partial charge on any atom is 0.145 e.